The van der Waals surface area contributed by atoms with Crippen LogP contribution in [0, 0.1) is 45.3 Å². The number of aromatic hydroxyl groups is 1. The molecule has 0 unspecified atom stereocenters. The molecule has 1 N–H and O–H groups in total. The lowest BCUT2D eigenvalue weighted by atomic mass is 9.91. The van der Waals surface area contributed by atoms with Crippen LogP contribution in [0.4, 0.5) is 0 Å². The molecular formula is C30H20N4O3S. The Morgan fingerprint density at radius 1 is 0.684 bits per heavy atom. The highest BCUT2D eigenvalue weighted by Gasteiger charge is 2.21. The Balaban J connectivity index is 1.42. The van der Waals surface area contributed by atoms with Gasteiger partial charge in [-0.15, -0.1) is 11.3 Å². The van der Waals surface area contributed by atoms with Crippen LogP contribution >= 0.6 is 11.3 Å². The number of nitriles is 4. The summed E-state index contributed by atoms with van der Waals surface area (Å²) in [6.45, 7) is 0. The molecule has 0 radical (unpaired) electrons. The second-order valence-electron chi connectivity index (χ2n) is 8.95. The van der Waals surface area contributed by atoms with Crippen LogP contribution in [-0.2, 0) is 0 Å². The van der Waals surface area contributed by atoms with Crippen LogP contribution < -0.4 is 0 Å². The van der Waals surface area contributed by atoms with Crippen molar-refractivity contribution in [3.63, 3.8) is 0 Å². The molecule has 3 aromatic rings. The van der Waals surface area contributed by atoms with Crippen LogP contribution in [-0.4, -0.2) is 5.11 Å². The van der Waals surface area contributed by atoms with E-state index in [1.165, 1.54) is 11.3 Å². The molecule has 8 heteroatoms. The van der Waals surface area contributed by atoms with Crippen molar-refractivity contribution in [2.75, 3.05) is 0 Å². The number of allylic oxidation sites excluding steroid dienone is 8. The molecule has 0 bridgehead atoms. The third kappa shape index (κ3) is 4.70. The van der Waals surface area contributed by atoms with Gasteiger partial charge >= 0.3 is 0 Å². The molecule has 3 heterocycles. The van der Waals surface area contributed by atoms with E-state index in [0.29, 0.717) is 40.8 Å². The fourth-order valence-corrected chi connectivity index (χ4v) is 5.70. The molecule has 0 saturated carbocycles. The maximum absolute atomic E-state index is 10.7. The summed E-state index contributed by atoms with van der Waals surface area (Å²) in [4.78, 5) is 1.30. The molecule has 3 aromatic heterocycles. The van der Waals surface area contributed by atoms with Crippen molar-refractivity contribution < 1.29 is 13.9 Å². The van der Waals surface area contributed by atoms with Gasteiger partial charge in [-0.25, -0.2) is 0 Å². The molecule has 0 atom stereocenters. The second kappa shape index (κ2) is 10.5. The second-order valence-corrected chi connectivity index (χ2v) is 10.00. The summed E-state index contributed by atoms with van der Waals surface area (Å²) < 4.78 is 12.2. The summed E-state index contributed by atoms with van der Waals surface area (Å²) in [5, 5.41) is 47.5. The molecule has 2 aliphatic rings. The number of thiophene rings is 1. The predicted molar refractivity (Wildman–Crippen MR) is 142 cm³/mol. The van der Waals surface area contributed by atoms with Crippen LogP contribution in [0.1, 0.15) is 50.0 Å². The monoisotopic (exact) mass is 516 g/mol. The van der Waals surface area contributed by atoms with E-state index in [1.54, 1.807) is 12.1 Å². The van der Waals surface area contributed by atoms with E-state index in [9.17, 15) is 26.2 Å². The summed E-state index contributed by atoms with van der Waals surface area (Å²) in [7, 11) is 0. The van der Waals surface area contributed by atoms with Crippen molar-refractivity contribution in [3.05, 3.63) is 76.3 Å². The molecular weight excluding hydrogens is 496 g/mol. The highest BCUT2D eigenvalue weighted by Crippen LogP contribution is 2.45. The molecule has 0 spiro atoms. The van der Waals surface area contributed by atoms with Crippen LogP contribution in [0.25, 0.3) is 32.4 Å². The van der Waals surface area contributed by atoms with Gasteiger partial charge in [0.25, 0.3) is 0 Å². The first-order valence-corrected chi connectivity index (χ1v) is 12.9. The third-order valence-corrected chi connectivity index (χ3v) is 7.75. The Morgan fingerprint density at radius 3 is 1.68 bits per heavy atom. The zero-order chi connectivity index (χ0) is 26.6. The summed E-state index contributed by atoms with van der Waals surface area (Å²) in [5.41, 5.74) is 3.55. The molecule has 38 heavy (non-hydrogen) atoms. The SMILES string of the molecule is N#CC(C#N)=C1C=C(c2ccc(-c3cc(O)c(-c4ccc(C5=CC(=C(C#N)C#N)CCC5)o4)s3)o2)CCC1. The fourth-order valence-electron chi connectivity index (χ4n) is 4.72. The lowest BCUT2D eigenvalue weighted by Crippen LogP contribution is -1.96. The van der Waals surface area contributed by atoms with Gasteiger partial charge in [-0.05, 0) is 85.1 Å². The van der Waals surface area contributed by atoms with Crippen LogP contribution in [0.3, 0.4) is 0 Å². The van der Waals surface area contributed by atoms with Crippen molar-refractivity contribution in [3.8, 4) is 51.3 Å². The Morgan fingerprint density at radius 2 is 1.16 bits per heavy atom. The van der Waals surface area contributed by atoms with E-state index in [0.717, 1.165) is 52.9 Å². The molecule has 0 saturated heterocycles. The van der Waals surface area contributed by atoms with E-state index in [1.807, 2.05) is 54.6 Å². The summed E-state index contributed by atoms with van der Waals surface area (Å²) >= 11 is 1.34. The van der Waals surface area contributed by atoms with Gasteiger partial charge in [0.2, 0.25) is 0 Å². The van der Waals surface area contributed by atoms with Crippen molar-refractivity contribution in [2.24, 2.45) is 0 Å². The van der Waals surface area contributed by atoms with Crippen LogP contribution in [0.2, 0.25) is 0 Å². The maximum Gasteiger partial charge on any atom is 0.148 e. The average molecular weight is 517 g/mol. The number of furan rings is 2. The number of nitrogens with zero attached hydrogens (tertiary/aromatic N) is 4. The van der Waals surface area contributed by atoms with E-state index in [4.69, 9.17) is 8.83 Å². The van der Waals surface area contributed by atoms with Crippen molar-refractivity contribution >= 4 is 22.5 Å². The van der Waals surface area contributed by atoms with Crippen LogP contribution in [0.15, 0.2) is 73.6 Å². The Kier molecular flexibility index (Phi) is 6.84. The minimum absolute atomic E-state index is 0.0769. The van der Waals surface area contributed by atoms with Crippen molar-refractivity contribution in [1.29, 1.82) is 21.0 Å². The molecule has 0 amide bonds. The maximum atomic E-state index is 10.7. The quantitative estimate of drug-likeness (QED) is 0.349. The van der Waals surface area contributed by atoms with E-state index < -0.39 is 0 Å². The van der Waals surface area contributed by atoms with Crippen molar-refractivity contribution in [2.45, 2.75) is 38.5 Å². The Bertz CT molecular complexity index is 1700. The number of rotatable bonds is 4. The molecule has 7 nitrogen and oxygen atoms in total. The molecule has 0 fully saturated rings. The molecule has 0 aromatic carbocycles. The first-order valence-electron chi connectivity index (χ1n) is 12.1. The van der Waals surface area contributed by atoms with Gasteiger partial charge in [-0.3, -0.25) is 0 Å². The van der Waals surface area contributed by atoms with Gasteiger partial charge in [0.05, 0.1) is 4.88 Å². The zero-order valence-electron chi connectivity index (χ0n) is 20.2. The molecule has 0 aliphatic heterocycles. The summed E-state index contributed by atoms with van der Waals surface area (Å²) in [6.07, 6.45) is 8.30. The molecule has 2 aliphatic carbocycles. The van der Waals surface area contributed by atoms with Gasteiger partial charge in [-0.2, -0.15) is 21.0 Å². The zero-order valence-corrected chi connectivity index (χ0v) is 21.1. The minimum atomic E-state index is 0.0769. The minimum Gasteiger partial charge on any atom is -0.506 e. The number of hydrogen-bond acceptors (Lipinski definition) is 8. The summed E-state index contributed by atoms with van der Waals surface area (Å²) in [5.74, 6) is 2.51. The topological polar surface area (TPSA) is 142 Å². The smallest absolute Gasteiger partial charge is 0.148 e. The van der Waals surface area contributed by atoms with E-state index >= 15 is 0 Å². The van der Waals surface area contributed by atoms with Gasteiger partial charge < -0.3 is 13.9 Å². The van der Waals surface area contributed by atoms with E-state index in [2.05, 4.69) is 0 Å². The third-order valence-electron chi connectivity index (χ3n) is 6.59. The van der Waals surface area contributed by atoms with Gasteiger partial charge in [0.1, 0.15) is 69.1 Å². The normalized spacial score (nSPS) is 14.9. The van der Waals surface area contributed by atoms with Gasteiger partial charge in [0.15, 0.2) is 0 Å². The lowest BCUT2D eigenvalue weighted by molar-refractivity contribution is 0.475. The first kappa shape index (κ1) is 24.7. The first-order chi connectivity index (χ1) is 18.5. The van der Waals surface area contributed by atoms with Crippen molar-refractivity contribution in [1.82, 2.24) is 0 Å². The Hall–Kier alpha value is -5.02. The predicted octanol–water partition coefficient (Wildman–Crippen LogP) is 7.80. The fraction of sp³-hybridized carbons (Fsp3) is 0.200. The average Bonchev–Trinajstić information content (AvgIpc) is 3.70. The highest BCUT2D eigenvalue weighted by molar-refractivity contribution is 7.19. The van der Waals surface area contributed by atoms with Gasteiger partial charge in [-0.1, -0.05) is 12.2 Å². The number of hydrogen-bond donors (Lipinski definition) is 1. The largest absolute Gasteiger partial charge is 0.506 e. The molecule has 5 rings (SSSR count). The van der Waals surface area contributed by atoms with E-state index in [-0.39, 0.29) is 16.9 Å². The van der Waals surface area contributed by atoms with Crippen LogP contribution in [0.5, 0.6) is 5.75 Å². The summed E-state index contributed by atoms with van der Waals surface area (Å²) in [6, 6.07) is 16.8. The molecule has 184 valence electrons. The lowest BCUT2D eigenvalue weighted by Gasteiger charge is -2.13. The highest BCUT2D eigenvalue weighted by atomic mass is 32.1. The van der Waals surface area contributed by atoms with Gasteiger partial charge in [0, 0.05) is 6.07 Å². The Labute approximate surface area is 223 Å². The standard InChI is InChI=1S/C30H20N4O3S/c31-14-22(15-32)18-3-1-5-20(11-18)25-7-9-27(36-25)29-13-24(35)30(38-29)28-10-8-26(37-28)21-6-2-4-19(12-21)23(16-33)17-34/h7-13,35H,1-6H2.